The van der Waals surface area contributed by atoms with E-state index in [2.05, 4.69) is 46.7 Å². The summed E-state index contributed by atoms with van der Waals surface area (Å²) < 4.78 is 0. The minimum atomic E-state index is 0.677. The summed E-state index contributed by atoms with van der Waals surface area (Å²) in [6.45, 7) is 6.00. The summed E-state index contributed by atoms with van der Waals surface area (Å²) in [4.78, 5) is 8.43. The summed E-state index contributed by atoms with van der Waals surface area (Å²) in [6, 6.07) is 26.7. The van der Waals surface area contributed by atoms with E-state index in [1.54, 1.807) is 0 Å². The summed E-state index contributed by atoms with van der Waals surface area (Å²) in [6.07, 6.45) is 2.05. The number of para-hydroxylation sites is 2. The third-order valence-electron chi connectivity index (χ3n) is 5.69. The van der Waals surface area contributed by atoms with E-state index in [-0.39, 0.29) is 0 Å². The zero-order valence-electron chi connectivity index (χ0n) is 18.7. The van der Waals surface area contributed by atoms with Crippen LogP contribution in [-0.4, -0.2) is 23.1 Å². The molecule has 3 aromatic carbocycles. The molecule has 5 rings (SSSR count). The molecule has 0 bridgehead atoms. The topological polar surface area (TPSA) is 64.5 Å². The Balaban J connectivity index is 0.00000119. The van der Waals surface area contributed by atoms with Crippen LogP contribution in [0.1, 0.15) is 43.6 Å². The van der Waals surface area contributed by atoms with Gasteiger partial charge in [-0.2, -0.15) is 5.26 Å². The normalized spacial score (nSPS) is 13.2. The van der Waals surface area contributed by atoms with Gasteiger partial charge in [-0.1, -0.05) is 68.0 Å². The van der Waals surface area contributed by atoms with Gasteiger partial charge in [-0.05, 0) is 66.9 Å². The van der Waals surface area contributed by atoms with Crippen molar-refractivity contribution in [2.24, 2.45) is 0 Å². The first-order valence-corrected chi connectivity index (χ1v) is 11.3. The lowest BCUT2D eigenvalue weighted by atomic mass is 9.92. The largest absolute Gasteiger partial charge is 0.338 e. The minimum Gasteiger partial charge on any atom is -0.338 e. The van der Waals surface area contributed by atoms with Crippen LogP contribution >= 0.6 is 0 Å². The number of aromatic amines is 1. The molecule has 1 fully saturated rings. The van der Waals surface area contributed by atoms with Crippen LogP contribution in [0.15, 0.2) is 78.4 Å². The Morgan fingerprint density at radius 3 is 2.34 bits per heavy atom. The minimum absolute atomic E-state index is 0.677. The predicted molar refractivity (Wildman–Crippen MR) is 132 cm³/mol. The second-order valence-electron chi connectivity index (χ2n) is 7.60. The van der Waals surface area contributed by atoms with E-state index < -0.39 is 0 Å². The summed E-state index contributed by atoms with van der Waals surface area (Å²) in [7, 11) is 0. The van der Waals surface area contributed by atoms with E-state index in [1.165, 1.54) is 16.7 Å². The number of rotatable bonds is 3. The number of H-pyrrole nitrogens is 1. The van der Waals surface area contributed by atoms with Crippen molar-refractivity contribution in [1.82, 2.24) is 15.3 Å². The molecule has 0 aliphatic carbocycles. The molecule has 4 nitrogen and oxygen atoms in total. The van der Waals surface area contributed by atoms with E-state index >= 15 is 0 Å². The molecule has 0 spiro atoms. The second kappa shape index (κ2) is 10.1. The number of nitrogens with one attached hydrogen (secondary N) is 2. The van der Waals surface area contributed by atoms with Crippen LogP contribution in [0.25, 0.3) is 27.7 Å². The Morgan fingerprint density at radius 1 is 0.875 bits per heavy atom. The number of fused-ring (bicyclic) bond motifs is 1. The molecular weight excluding hydrogens is 392 g/mol. The van der Waals surface area contributed by atoms with Crippen molar-refractivity contribution in [2.75, 3.05) is 13.1 Å². The number of benzene rings is 3. The Morgan fingerprint density at radius 2 is 1.62 bits per heavy atom. The highest BCUT2D eigenvalue weighted by Crippen LogP contribution is 2.32. The highest BCUT2D eigenvalue weighted by molar-refractivity contribution is 5.85. The standard InChI is InChI=1S/C26H22N4.C2H6/c27-17-18-4-3-5-22(16-18)19-8-10-20(11-9-19)25(21-12-14-28-15-13-21)26-29-23-6-1-2-7-24(23)30-26;1-2/h1-11,16,28H,12-15H2,(H,29,30);1-2H3. The van der Waals surface area contributed by atoms with E-state index in [1.807, 2.05) is 56.3 Å². The van der Waals surface area contributed by atoms with E-state index in [0.29, 0.717) is 5.56 Å². The number of hydrogen-bond acceptors (Lipinski definition) is 3. The highest BCUT2D eigenvalue weighted by Gasteiger charge is 2.18. The zero-order valence-corrected chi connectivity index (χ0v) is 18.7. The molecule has 0 amide bonds. The van der Waals surface area contributed by atoms with Gasteiger partial charge in [0.1, 0.15) is 5.82 Å². The second-order valence-corrected chi connectivity index (χ2v) is 7.60. The lowest BCUT2D eigenvalue weighted by Gasteiger charge is -2.20. The van der Waals surface area contributed by atoms with Crippen LogP contribution in [0.2, 0.25) is 0 Å². The van der Waals surface area contributed by atoms with Crippen LogP contribution in [-0.2, 0) is 0 Å². The van der Waals surface area contributed by atoms with E-state index in [9.17, 15) is 5.26 Å². The average molecular weight is 421 g/mol. The Bertz CT molecular complexity index is 1230. The van der Waals surface area contributed by atoms with Crippen LogP contribution in [0, 0.1) is 11.3 Å². The van der Waals surface area contributed by atoms with Crippen molar-refractivity contribution >= 4 is 16.6 Å². The summed E-state index contributed by atoms with van der Waals surface area (Å²) in [5.74, 6) is 0.937. The summed E-state index contributed by atoms with van der Waals surface area (Å²) in [5, 5.41) is 12.6. The van der Waals surface area contributed by atoms with Gasteiger partial charge in [0.2, 0.25) is 0 Å². The van der Waals surface area contributed by atoms with Gasteiger partial charge in [-0.25, -0.2) is 4.98 Å². The van der Waals surface area contributed by atoms with Crippen molar-refractivity contribution in [3.05, 3.63) is 95.3 Å². The molecule has 4 heteroatoms. The van der Waals surface area contributed by atoms with E-state index in [0.717, 1.165) is 53.9 Å². The maximum absolute atomic E-state index is 9.18. The van der Waals surface area contributed by atoms with Crippen LogP contribution in [0.3, 0.4) is 0 Å². The number of piperidine rings is 1. The first-order valence-electron chi connectivity index (χ1n) is 11.3. The molecule has 2 N–H and O–H groups in total. The van der Waals surface area contributed by atoms with Crippen molar-refractivity contribution in [2.45, 2.75) is 26.7 Å². The quantitative estimate of drug-likeness (QED) is 0.408. The molecule has 0 unspecified atom stereocenters. The fourth-order valence-corrected chi connectivity index (χ4v) is 4.16. The Labute approximate surface area is 189 Å². The van der Waals surface area contributed by atoms with Gasteiger partial charge in [0, 0.05) is 5.57 Å². The smallest absolute Gasteiger partial charge is 0.139 e. The van der Waals surface area contributed by atoms with Gasteiger partial charge in [0.15, 0.2) is 0 Å². The monoisotopic (exact) mass is 420 g/mol. The van der Waals surface area contributed by atoms with Gasteiger partial charge in [-0.15, -0.1) is 0 Å². The first-order chi connectivity index (χ1) is 15.8. The lowest BCUT2D eigenvalue weighted by molar-refractivity contribution is 0.611. The number of nitrogens with zero attached hydrogens (tertiary/aromatic N) is 2. The molecule has 2 heterocycles. The van der Waals surface area contributed by atoms with Gasteiger partial charge in [-0.3, -0.25) is 0 Å². The number of nitriles is 1. The average Bonchev–Trinajstić information content (AvgIpc) is 3.30. The van der Waals surface area contributed by atoms with E-state index in [4.69, 9.17) is 4.98 Å². The van der Waals surface area contributed by atoms with Crippen molar-refractivity contribution in [3.8, 4) is 17.2 Å². The molecule has 0 radical (unpaired) electrons. The van der Waals surface area contributed by atoms with Crippen molar-refractivity contribution in [1.29, 1.82) is 5.26 Å². The van der Waals surface area contributed by atoms with Crippen LogP contribution in [0.5, 0.6) is 0 Å². The summed E-state index contributed by atoms with van der Waals surface area (Å²) >= 11 is 0. The Kier molecular flexibility index (Phi) is 6.79. The van der Waals surface area contributed by atoms with Gasteiger partial charge >= 0.3 is 0 Å². The predicted octanol–water partition coefficient (Wildman–Crippen LogP) is 6.31. The molecule has 4 aromatic rings. The maximum atomic E-state index is 9.18. The molecular formula is C28H28N4. The maximum Gasteiger partial charge on any atom is 0.139 e. The molecule has 1 saturated heterocycles. The molecule has 1 aliphatic heterocycles. The molecule has 32 heavy (non-hydrogen) atoms. The first kappa shape index (κ1) is 21.5. The molecule has 0 atom stereocenters. The van der Waals surface area contributed by atoms with Gasteiger partial charge in [0.25, 0.3) is 0 Å². The fraction of sp³-hybridized carbons (Fsp3) is 0.214. The molecule has 160 valence electrons. The van der Waals surface area contributed by atoms with Gasteiger partial charge in [0.05, 0.1) is 22.7 Å². The number of imidazole rings is 1. The zero-order chi connectivity index (χ0) is 22.3. The SMILES string of the molecule is CC.N#Cc1cccc(-c2ccc(C(=C3CCNCC3)c3nc4ccccc4[nH]3)cc2)c1. The Hall–Kier alpha value is -3.68. The van der Waals surface area contributed by atoms with Crippen LogP contribution in [0.4, 0.5) is 0 Å². The van der Waals surface area contributed by atoms with Crippen LogP contribution < -0.4 is 5.32 Å². The van der Waals surface area contributed by atoms with Gasteiger partial charge < -0.3 is 10.3 Å². The number of aromatic nitrogens is 2. The highest BCUT2D eigenvalue weighted by atomic mass is 14.9. The van der Waals surface area contributed by atoms with Crippen molar-refractivity contribution < 1.29 is 0 Å². The fourth-order valence-electron chi connectivity index (χ4n) is 4.16. The molecule has 1 aliphatic rings. The lowest BCUT2D eigenvalue weighted by Crippen LogP contribution is -2.24. The number of hydrogen-bond donors (Lipinski definition) is 2. The third-order valence-corrected chi connectivity index (χ3v) is 5.69. The van der Waals surface area contributed by atoms with Crippen molar-refractivity contribution in [3.63, 3.8) is 0 Å². The molecule has 1 aromatic heterocycles. The summed E-state index contributed by atoms with van der Waals surface area (Å²) in [5.41, 5.74) is 8.71. The molecule has 0 saturated carbocycles. The third kappa shape index (κ3) is 4.49.